The lowest BCUT2D eigenvalue weighted by molar-refractivity contribution is 0.0950. The first kappa shape index (κ1) is 14.9. The average molecular weight is 286 g/mol. The van der Waals surface area contributed by atoms with Gasteiger partial charge in [0.05, 0.1) is 12.2 Å². The molecule has 1 amide bonds. The van der Waals surface area contributed by atoms with E-state index in [2.05, 4.69) is 20.6 Å². The summed E-state index contributed by atoms with van der Waals surface area (Å²) in [6, 6.07) is 7.24. The molecule has 6 heteroatoms. The highest BCUT2D eigenvalue weighted by atomic mass is 16.5. The van der Waals surface area contributed by atoms with E-state index in [9.17, 15) is 4.79 Å². The Hall–Kier alpha value is -2.47. The maximum atomic E-state index is 12.0. The minimum Gasteiger partial charge on any atom is -0.383 e. The van der Waals surface area contributed by atoms with E-state index in [-0.39, 0.29) is 5.91 Å². The second-order valence-corrected chi connectivity index (χ2v) is 4.39. The summed E-state index contributed by atoms with van der Waals surface area (Å²) < 4.78 is 4.94. The van der Waals surface area contributed by atoms with Crippen LogP contribution in [0.2, 0.25) is 0 Å². The number of nitrogens with one attached hydrogen (secondary N) is 2. The van der Waals surface area contributed by atoms with Crippen LogP contribution in [0.25, 0.3) is 0 Å². The highest BCUT2D eigenvalue weighted by Crippen LogP contribution is 2.05. The van der Waals surface area contributed by atoms with Crippen LogP contribution in [0, 0.1) is 0 Å². The van der Waals surface area contributed by atoms with Gasteiger partial charge in [-0.3, -0.25) is 9.78 Å². The molecule has 6 nitrogen and oxygen atoms in total. The molecule has 0 aliphatic rings. The number of pyridine rings is 2. The first-order valence-corrected chi connectivity index (χ1v) is 6.65. The van der Waals surface area contributed by atoms with E-state index in [0.717, 1.165) is 11.4 Å². The number of carbonyl (C=O) groups excluding carboxylic acids is 1. The molecule has 0 fully saturated rings. The van der Waals surface area contributed by atoms with Crippen LogP contribution >= 0.6 is 0 Å². The van der Waals surface area contributed by atoms with E-state index in [1.165, 1.54) is 0 Å². The van der Waals surface area contributed by atoms with E-state index in [0.29, 0.717) is 25.3 Å². The zero-order valence-corrected chi connectivity index (χ0v) is 11.9. The van der Waals surface area contributed by atoms with Crippen molar-refractivity contribution in [1.29, 1.82) is 0 Å². The molecule has 0 saturated heterocycles. The van der Waals surface area contributed by atoms with Crippen LogP contribution in [0.3, 0.4) is 0 Å². The third-order valence-corrected chi connectivity index (χ3v) is 2.84. The molecule has 21 heavy (non-hydrogen) atoms. The summed E-state index contributed by atoms with van der Waals surface area (Å²) in [5, 5.41) is 5.93. The fourth-order valence-electron chi connectivity index (χ4n) is 1.70. The lowest BCUT2D eigenvalue weighted by Crippen LogP contribution is -2.23. The Morgan fingerprint density at radius 3 is 2.71 bits per heavy atom. The molecule has 0 bridgehead atoms. The van der Waals surface area contributed by atoms with Crippen molar-refractivity contribution in [3.05, 3.63) is 54.0 Å². The molecule has 2 aromatic heterocycles. The van der Waals surface area contributed by atoms with Crippen molar-refractivity contribution in [3.8, 4) is 0 Å². The molecule has 0 aromatic carbocycles. The monoisotopic (exact) mass is 286 g/mol. The summed E-state index contributed by atoms with van der Waals surface area (Å²) >= 11 is 0. The summed E-state index contributed by atoms with van der Waals surface area (Å²) in [6.45, 7) is 1.75. The minimum absolute atomic E-state index is 0.150. The number of hydrogen-bond donors (Lipinski definition) is 2. The highest BCUT2D eigenvalue weighted by Gasteiger charge is 2.05. The molecule has 0 aliphatic carbocycles. The highest BCUT2D eigenvalue weighted by molar-refractivity contribution is 5.93. The van der Waals surface area contributed by atoms with Gasteiger partial charge in [0.25, 0.3) is 5.91 Å². The van der Waals surface area contributed by atoms with Gasteiger partial charge in [-0.2, -0.15) is 0 Å². The van der Waals surface area contributed by atoms with Crippen molar-refractivity contribution in [2.24, 2.45) is 0 Å². The molecule has 0 spiro atoms. The Balaban J connectivity index is 1.85. The van der Waals surface area contributed by atoms with E-state index >= 15 is 0 Å². The van der Waals surface area contributed by atoms with E-state index in [4.69, 9.17) is 4.74 Å². The van der Waals surface area contributed by atoms with E-state index in [1.807, 2.05) is 12.1 Å². The lowest BCUT2D eigenvalue weighted by atomic mass is 10.2. The van der Waals surface area contributed by atoms with Gasteiger partial charge in [-0.15, -0.1) is 0 Å². The average Bonchev–Trinajstić information content (AvgIpc) is 2.54. The van der Waals surface area contributed by atoms with Crippen molar-refractivity contribution >= 4 is 11.7 Å². The van der Waals surface area contributed by atoms with E-state index < -0.39 is 0 Å². The molecule has 2 rings (SSSR count). The fraction of sp³-hybridized carbons (Fsp3) is 0.267. The van der Waals surface area contributed by atoms with Gasteiger partial charge in [0.1, 0.15) is 5.82 Å². The number of amides is 1. The Kier molecular flexibility index (Phi) is 5.66. The minimum atomic E-state index is -0.150. The standard InChI is InChI=1S/C15H18N4O2/c1-21-9-8-17-14-3-2-13(11-18-14)15(20)19-10-12-4-6-16-7-5-12/h2-7,11H,8-10H2,1H3,(H,17,18)(H,19,20). The number of carbonyl (C=O) groups is 1. The summed E-state index contributed by atoms with van der Waals surface area (Å²) in [4.78, 5) is 20.1. The third kappa shape index (κ3) is 4.85. The van der Waals surface area contributed by atoms with Crippen LogP contribution in [0.1, 0.15) is 15.9 Å². The Bertz CT molecular complexity index is 558. The largest absolute Gasteiger partial charge is 0.383 e. The SMILES string of the molecule is COCCNc1ccc(C(=O)NCc2ccncc2)cn1. The van der Waals surface area contributed by atoms with Gasteiger partial charge in [0.15, 0.2) is 0 Å². The van der Waals surface area contributed by atoms with Crippen LogP contribution in [0.5, 0.6) is 0 Å². The van der Waals surface area contributed by atoms with Crippen LogP contribution in [0.4, 0.5) is 5.82 Å². The van der Waals surface area contributed by atoms with Gasteiger partial charge >= 0.3 is 0 Å². The molecule has 0 saturated carbocycles. The molecular weight excluding hydrogens is 268 g/mol. The summed E-state index contributed by atoms with van der Waals surface area (Å²) in [7, 11) is 1.64. The third-order valence-electron chi connectivity index (χ3n) is 2.84. The number of hydrogen-bond acceptors (Lipinski definition) is 5. The van der Waals surface area contributed by atoms with Gasteiger partial charge in [-0.1, -0.05) is 0 Å². The molecule has 110 valence electrons. The molecule has 2 aromatic rings. The number of anilines is 1. The normalized spacial score (nSPS) is 10.1. The van der Waals surface area contributed by atoms with E-state index in [1.54, 1.807) is 37.8 Å². The number of rotatable bonds is 7. The van der Waals surface area contributed by atoms with Crippen molar-refractivity contribution in [2.45, 2.75) is 6.54 Å². The summed E-state index contributed by atoms with van der Waals surface area (Å²) in [5.74, 6) is 0.570. The maximum Gasteiger partial charge on any atom is 0.253 e. The van der Waals surface area contributed by atoms with Gasteiger partial charge in [0, 0.05) is 38.8 Å². The zero-order valence-electron chi connectivity index (χ0n) is 11.9. The summed E-state index contributed by atoms with van der Waals surface area (Å²) in [5.41, 5.74) is 1.53. The first-order valence-electron chi connectivity index (χ1n) is 6.65. The van der Waals surface area contributed by atoms with Gasteiger partial charge < -0.3 is 15.4 Å². The molecule has 0 radical (unpaired) electrons. The topological polar surface area (TPSA) is 76.1 Å². The summed E-state index contributed by atoms with van der Waals surface area (Å²) in [6.07, 6.45) is 4.95. The van der Waals surface area contributed by atoms with Gasteiger partial charge in [-0.25, -0.2) is 4.98 Å². The Morgan fingerprint density at radius 2 is 2.05 bits per heavy atom. The van der Waals surface area contributed by atoms with Gasteiger partial charge in [0.2, 0.25) is 0 Å². The molecule has 0 atom stereocenters. The fourth-order valence-corrected chi connectivity index (χ4v) is 1.70. The second kappa shape index (κ2) is 7.96. The van der Waals surface area contributed by atoms with Crippen molar-refractivity contribution in [2.75, 3.05) is 25.6 Å². The zero-order chi connectivity index (χ0) is 14.9. The van der Waals surface area contributed by atoms with Crippen molar-refractivity contribution in [3.63, 3.8) is 0 Å². The van der Waals surface area contributed by atoms with Crippen molar-refractivity contribution in [1.82, 2.24) is 15.3 Å². The van der Waals surface area contributed by atoms with Crippen LogP contribution in [-0.4, -0.2) is 36.1 Å². The Labute approximate surface area is 123 Å². The Morgan fingerprint density at radius 1 is 1.24 bits per heavy atom. The number of ether oxygens (including phenoxy) is 1. The van der Waals surface area contributed by atoms with Crippen LogP contribution in [0.15, 0.2) is 42.9 Å². The van der Waals surface area contributed by atoms with Crippen molar-refractivity contribution < 1.29 is 9.53 Å². The lowest BCUT2D eigenvalue weighted by Gasteiger charge is -2.07. The second-order valence-electron chi connectivity index (χ2n) is 4.39. The molecular formula is C15H18N4O2. The number of methoxy groups -OCH3 is 1. The predicted molar refractivity (Wildman–Crippen MR) is 80.0 cm³/mol. The first-order chi connectivity index (χ1) is 10.3. The van der Waals surface area contributed by atoms with Gasteiger partial charge in [-0.05, 0) is 29.8 Å². The quantitative estimate of drug-likeness (QED) is 0.754. The predicted octanol–water partition coefficient (Wildman–Crippen LogP) is 1.46. The van der Waals surface area contributed by atoms with Crippen LogP contribution in [-0.2, 0) is 11.3 Å². The molecule has 2 N–H and O–H groups in total. The molecule has 0 unspecified atom stereocenters. The number of aromatic nitrogens is 2. The smallest absolute Gasteiger partial charge is 0.253 e. The molecule has 0 aliphatic heterocycles. The molecule has 2 heterocycles. The number of nitrogens with zero attached hydrogens (tertiary/aromatic N) is 2. The maximum absolute atomic E-state index is 12.0. The van der Waals surface area contributed by atoms with Crippen LogP contribution < -0.4 is 10.6 Å².